The number of unbranched alkanes of at least 4 members (excludes halogenated alkanes) is 13. The van der Waals surface area contributed by atoms with E-state index in [1.165, 1.54) is 109 Å². The Balaban J connectivity index is 2.89. The second-order valence-corrected chi connectivity index (χ2v) is 6.35. The molecule has 20 heavy (non-hydrogen) atoms. The van der Waals surface area contributed by atoms with E-state index in [2.05, 4.69) is 19.2 Å². The minimum absolute atomic E-state index is 1.19. The molecular formula is C19H41N. The van der Waals surface area contributed by atoms with Gasteiger partial charge in [0.2, 0.25) is 0 Å². The summed E-state index contributed by atoms with van der Waals surface area (Å²) in [6.07, 6.45) is 21.6. The summed E-state index contributed by atoms with van der Waals surface area (Å²) < 4.78 is 0. The Morgan fingerprint density at radius 1 is 0.400 bits per heavy atom. The molecule has 0 spiro atoms. The van der Waals surface area contributed by atoms with Gasteiger partial charge in [0.05, 0.1) is 0 Å². The third-order valence-corrected chi connectivity index (χ3v) is 4.13. The lowest BCUT2D eigenvalue weighted by molar-refractivity contribution is 0.529. The molecule has 0 heterocycles. The first kappa shape index (κ1) is 20.0. The standard InChI is InChI=1S/C19H41N/c1-3-5-6-7-8-9-10-11-12-13-14-15-16-17-19-20-18-4-2/h20H,3-19H2,1-2H3. The van der Waals surface area contributed by atoms with Crippen molar-refractivity contribution in [1.29, 1.82) is 0 Å². The topological polar surface area (TPSA) is 12.0 Å². The van der Waals surface area contributed by atoms with Crippen molar-refractivity contribution in [2.24, 2.45) is 0 Å². The molecule has 0 bridgehead atoms. The van der Waals surface area contributed by atoms with Gasteiger partial charge in [-0.2, -0.15) is 0 Å². The molecule has 0 fully saturated rings. The third-order valence-electron chi connectivity index (χ3n) is 4.13. The van der Waals surface area contributed by atoms with Crippen LogP contribution in [0.1, 0.15) is 110 Å². The summed E-state index contributed by atoms with van der Waals surface area (Å²) in [6.45, 7) is 6.95. The first-order chi connectivity index (χ1) is 9.91. The predicted molar refractivity (Wildman–Crippen MR) is 93.5 cm³/mol. The van der Waals surface area contributed by atoms with Gasteiger partial charge in [0, 0.05) is 0 Å². The Labute approximate surface area is 129 Å². The Hall–Kier alpha value is -0.0400. The molecule has 0 aliphatic heterocycles. The third kappa shape index (κ3) is 18.0. The van der Waals surface area contributed by atoms with E-state index in [0.717, 1.165) is 0 Å². The second-order valence-electron chi connectivity index (χ2n) is 6.35. The monoisotopic (exact) mass is 283 g/mol. The molecule has 0 unspecified atom stereocenters. The molecule has 0 radical (unpaired) electrons. The van der Waals surface area contributed by atoms with Gasteiger partial charge in [-0.05, 0) is 25.9 Å². The summed E-state index contributed by atoms with van der Waals surface area (Å²) in [7, 11) is 0. The maximum absolute atomic E-state index is 3.48. The largest absolute Gasteiger partial charge is 0.317 e. The van der Waals surface area contributed by atoms with Gasteiger partial charge in [-0.25, -0.2) is 0 Å². The van der Waals surface area contributed by atoms with Gasteiger partial charge in [0.15, 0.2) is 0 Å². The summed E-state index contributed by atoms with van der Waals surface area (Å²) >= 11 is 0. The molecule has 0 saturated carbocycles. The van der Waals surface area contributed by atoms with Crippen LogP contribution in [0.2, 0.25) is 0 Å². The van der Waals surface area contributed by atoms with E-state index in [1.807, 2.05) is 0 Å². The number of hydrogen-bond acceptors (Lipinski definition) is 1. The van der Waals surface area contributed by atoms with E-state index in [0.29, 0.717) is 0 Å². The summed E-state index contributed by atoms with van der Waals surface area (Å²) in [5.41, 5.74) is 0. The summed E-state index contributed by atoms with van der Waals surface area (Å²) in [5, 5.41) is 3.48. The average Bonchev–Trinajstić information content (AvgIpc) is 2.47. The van der Waals surface area contributed by atoms with Gasteiger partial charge in [-0.3, -0.25) is 0 Å². The number of rotatable bonds is 17. The Kier molecular flexibility index (Phi) is 18.9. The van der Waals surface area contributed by atoms with Crippen molar-refractivity contribution in [1.82, 2.24) is 5.32 Å². The molecule has 0 aromatic rings. The lowest BCUT2D eigenvalue weighted by Gasteiger charge is -2.04. The highest BCUT2D eigenvalue weighted by Gasteiger charge is 1.94. The Morgan fingerprint density at radius 3 is 1.20 bits per heavy atom. The van der Waals surface area contributed by atoms with E-state index in [9.17, 15) is 0 Å². The number of nitrogens with one attached hydrogen (secondary N) is 1. The smallest absolute Gasteiger partial charge is 0.00489 e. The van der Waals surface area contributed by atoms with Crippen LogP contribution < -0.4 is 5.32 Å². The summed E-state index contributed by atoms with van der Waals surface area (Å²) in [5.74, 6) is 0. The minimum Gasteiger partial charge on any atom is -0.317 e. The van der Waals surface area contributed by atoms with Gasteiger partial charge in [-0.1, -0.05) is 97.3 Å². The van der Waals surface area contributed by atoms with Crippen LogP contribution in [-0.2, 0) is 0 Å². The van der Waals surface area contributed by atoms with Crippen LogP contribution >= 0.6 is 0 Å². The van der Waals surface area contributed by atoms with E-state index in [-0.39, 0.29) is 0 Å². The molecule has 1 heteroatoms. The maximum Gasteiger partial charge on any atom is -0.00489 e. The van der Waals surface area contributed by atoms with Crippen LogP contribution in [0.4, 0.5) is 0 Å². The quantitative estimate of drug-likeness (QED) is 0.302. The van der Waals surface area contributed by atoms with Crippen LogP contribution in [0.15, 0.2) is 0 Å². The Morgan fingerprint density at radius 2 is 0.800 bits per heavy atom. The van der Waals surface area contributed by atoms with E-state index in [1.54, 1.807) is 0 Å². The van der Waals surface area contributed by atoms with Crippen molar-refractivity contribution in [3.63, 3.8) is 0 Å². The average molecular weight is 284 g/mol. The highest BCUT2D eigenvalue weighted by atomic mass is 14.8. The maximum atomic E-state index is 3.48. The predicted octanol–water partition coefficient (Wildman–Crippen LogP) is 6.47. The second kappa shape index (κ2) is 19.0. The van der Waals surface area contributed by atoms with Crippen molar-refractivity contribution >= 4 is 0 Å². The van der Waals surface area contributed by atoms with Gasteiger partial charge in [-0.15, -0.1) is 0 Å². The first-order valence-corrected chi connectivity index (χ1v) is 9.62. The minimum atomic E-state index is 1.19. The molecule has 0 aromatic heterocycles. The highest BCUT2D eigenvalue weighted by molar-refractivity contribution is 4.51. The fourth-order valence-corrected chi connectivity index (χ4v) is 2.75. The molecule has 0 aromatic carbocycles. The van der Waals surface area contributed by atoms with Crippen molar-refractivity contribution in [3.05, 3.63) is 0 Å². The van der Waals surface area contributed by atoms with E-state index >= 15 is 0 Å². The summed E-state index contributed by atoms with van der Waals surface area (Å²) in [4.78, 5) is 0. The molecule has 0 aliphatic carbocycles. The molecule has 1 N–H and O–H groups in total. The molecule has 1 nitrogen and oxygen atoms in total. The van der Waals surface area contributed by atoms with Crippen molar-refractivity contribution in [2.45, 2.75) is 110 Å². The SMILES string of the molecule is CCCCCCCCCCCCCCCCNCCC. The van der Waals surface area contributed by atoms with Crippen LogP contribution in [0.25, 0.3) is 0 Å². The fourth-order valence-electron chi connectivity index (χ4n) is 2.75. The molecule has 0 atom stereocenters. The summed E-state index contributed by atoms with van der Waals surface area (Å²) in [6, 6.07) is 0. The van der Waals surface area contributed by atoms with Gasteiger partial charge < -0.3 is 5.32 Å². The fraction of sp³-hybridized carbons (Fsp3) is 1.00. The molecule has 0 aliphatic rings. The van der Waals surface area contributed by atoms with Crippen LogP contribution in [0, 0.1) is 0 Å². The number of hydrogen-bond donors (Lipinski definition) is 1. The molecule has 0 rings (SSSR count). The molecule has 0 saturated heterocycles. The zero-order valence-electron chi connectivity index (χ0n) is 14.5. The van der Waals surface area contributed by atoms with Gasteiger partial charge in [0.1, 0.15) is 0 Å². The van der Waals surface area contributed by atoms with E-state index in [4.69, 9.17) is 0 Å². The van der Waals surface area contributed by atoms with Crippen molar-refractivity contribution < 1.29 is 0 Å². The molecular weight excluding hydrogens is 242 g/mol. The Bertz CT molecular complexity index is 138. The molecule has 122 valence electrons. The van der Waals surface area contributed by atoms with Crippen LogP contribution in [0.3, 0.4) is 0 Å². The normalized spacial score (nSPS) is 11.1. The van der Waals surface area contributed by atoms with Crippen LogP contribution in [-0.4, -0.2) is 13.1 Å². The zero-order valence-corrected chi connectivity index (χ0v) is 14.5. The zero-order chi connectivity index (χ0) is 14.7. The lowest BCUT2D eigenvalue weighted by Crippen LogP contribution is -2.15. The highest BCUT2D eigenvalue weighted by Crippen LogP contribution is 2.12. The van der Waals surface area contributed by atoms with Gasteiger partial charge >= 0.3 is 0 Å². The lowest BCUT2D eigenvalue weighted by atomic mass is 10.0. The van der Waals surface area contributed by atoms with Gasteiger partial charge in [0.25, 0.3) is 0 Å². The first-order valence-electron chi connectivity index (χ1n) is 9.62. The van der Waals surface area contributed by atoms with Crippen molar-refractivity contribution in [2.75, 3.05) is 13.1 Å². The van der Waals surface area contributed by atoms with E-state index < -0.39 is 0 Å². The van der Waals surface area contributed by atoms with Crippen LogP contribution in [0.5, 0.6) is 0 Å². The molecule has 0 amide bonds. The van der Waals surface area contributed by atoms with Crippen molar-refractivity contribution in [3.8, 4) is 0 Å².